The molecule has 0 aliphatic heterocycles. The lowest BCUT2D eigenvalue weighted by Crippen LogP contribution is -2.13. The van der Waals surface area contributed by atoms with Crippen molar-refractivity contribution >= 4 is 13.8 Å². The van der Waals surface area contributed by atoms with Crippen molar-refractivity contribution in [2.24, 2.45) is 0 Å². The summed E-state index contributed by atoms with van der Waals surface area (Å²) in [4.78, 5) is 24.5. The van der Waals surface area contributed by atoms with Crippen molar-refractivity contribution in [3.8, 4) is 0 Å². The molecule has 0 saturated heterocycles. The van der Waals surface area contributed by atoms with Crippen LogP contribution in [-0.4, -0.2) is 25.4 Å². The van der Waals surface area contributed by atoms with Gasteiger partial charge in [0.15, 0.2) is 0 Å². The molecule has 2 atom stereocenters. The molecule has 0 fully saturated rings. The normalized spacial score (nSPS) is 11.1. The molecular weight excluding hydrogens is 183 g/mol. The van der Waals surface area contributed by atoms with Crippen LogP contribution >= 0.6 is 7.80 Å². The molecule has 0 saturated carbocycles. The number of carbonyl (C=O) groups excluding carboxylic acids is 1. The van der Waals surface area contributed by atoms with Crippen LogP contribution in [0.5, 0.6) is 0 Å². The van der Waals surface area contributed by atoms with Crippen molar-refractivity contribution in [3.63, 3.8) is 0 Å². The van der Waals surface area contributed by atoms with E-state index in [4.69, 9.17) is 9.93 Å². The van der Waals surface area contributed by atoms with E-state index in [1.54, 1.807) is 6.92 Å². The molecule has 6 heteroatoms. The van der Waals surface area contributed by atoms with Crippen LogP contribution in [0.15, 0.2) is 0 Å². The van der Waals surface area contributed by atoms with Gasteiger partial charge in [-0.25, -0.2) is 4.79 Å². The average Bonchev–Trinajstić information content (AvgIpc) is 2.05. The minimum atomic E-state index is -1.43. The van der Waals surface area contributed by atoms with Crippen LogP contribution in [0, 0.1) is 9.93 Å². The van der Waals surface area contributed by atoms with Gasteiger partial charge in [-0.05, 0) is 6.92 Å². The first-order chi connectivity index (χ1) is 5.09. The summed E-state index contributed by atoms with van der Waals surface area (Å²) in [6, 6.07) is 0. The van der Waals surface area contributed by atoms with Crippen LogP contribution < -0.4 is 0 Å². The zero-order valence-electron chi connectivity index (χ0n) is 6.57. The first kappa shape index (κ1) is 17.3. The van der Waals surface area contributed by atoms with Gasteiger partial charge in [0.1, 0.15) is 6.66 Å². The molecule has 0 aromatic heterocycles. The number of methoxy groups -OCH3 is 1. The summed E-state index contributed by atoms with van der Waals surface area (Å²) in [6.07, 6.45) is 0. The number of esters is 1. The Labute approximate surface area is 72.5 Å². The molecule has 2 unspecified atom stereocenters. The second-order valence-corrected chi connectivity index (χ2v) is 3.61. The third-order valence-electron chi connectivity index (χ3n) is 1.09. The maximum atomic E-state index is 10.6. The van der Waals surface area contributed by atoms with Gasteiger partial charge in [-0.15, -0.1) is 0 Å². The van der Waals surface area contributed by atoms with E-state index in [0.29, 0.717) is 0 Å². The first-order valence-electron chi connectivity index (χ1n) is 2.74. The zero-order chi connectivity index (χ0) is 9.44. The van der Waals surface area contributed by atoms with Crippen molar-refractivity contribution in [1.82, 2.24) is 0 Å². The van der Waals surface area contributed by atoms with Gasteiger partial charge in [-0.2, -0.15) is 0 Å². The summed E-state index contributed by atoms with van der Waals surface area (Å²) in [5.74, 6) is -0.404. The lowest BCUT2D eigenvalue weighted by Gasteiger charge is -1.94. The van der Waals surface area contributed by atoms with Crippen molar-refractivity contribution in [2.75, 3.05) is 13.8 Å². The van der Waals surface area contributed by atoms with Crippen molar-refractivity contribution < 1.29 is 14.1 Å². The Kier molecular flexibility index (Phi) is 14.7. The molecule has 0 spiro atoms. The van der Waals surface area contributed by atoms with Crippen molar-refractivity contribution in [1.29, 1.82) is 0 Å². The summed E-state index contributed by atoms with van der Waals surface area (Å²) >= 11 is 0. The highest BCUT2D eigenvalue weighted by Gasteiger charge is 2.28. The fraction of sp³-hybridized carbons (Fsp3) is 0.833. The van der Waals surface area contributed by atoms with E-state index in [1.165, 1.54) is 13.8 Å². The summed E-state index contributed by atoms with van der Waals surface area (Å²) in [6.45, 7) is 3.10. The minimum Gasteiger partial charge on any atom is -0.466 e. The lowest BCUT2D eigenvalue weighted by atomic mass is 10.5. The standard InChI is InChI=1S/C5H10O3P.CH4.O2/c1-4(9(3)7)5(6)8-2;;1-2/h4H,1-3H3;1H4;/q+1;;. The molecule has 0 rings (SSSR count). The summed E-state index contributed by atoms with van der Waals surface area (Å²) in [5.41, 5.74) is -0.468. The number of carbonyl (C=O) groups is 1. The number of hydrogen-bond acceptors (Lipinski definition) is 5. The van der Waals surface area contributed by atoms with Gasteiger partial charge < -0.3 is 4.74 Å². The van der Waals surface area contributed by atoms with Crippen LogP contribution in [0.4, 0.5) is 0 Å². The third-order valence-corrected chi connectivity index (χ3v) is 2.39. The van der Waals surface area contributed by atoms with E-state index in [2.05, 4.69) is 4.74 Å². The van der Waals surface area contributed by atoms with Crippen LogP contribution in [0.1, 0.15) is 14.4 Å². The monoisotopic (exact) mass is 197 g/mol. The maximum Gasteiger partial charge on any atom is 0.357 e. The summed E-state index contributed by atoms with van der Waals surface area (Å²) in [5, 5.41) is 0. The number of hydrogen-bond donors (Lipinski definition) is 0. The molecule has 0 aromatic carbocycles. The molecule has 0 aliphatic rings. The molecule has 12 heavy (non-hydrogen) atoms. The Balaban J connectivity index is -0.000000249. The molecule has 0 heterocycles. The first-order valence-corrected chi connectivity index (χ1v) is 4.51. The summed E-state index contributed by atoms with van der Waals surface area (Å²) in [7, 11) is -0.142. The van der Waals surface area contributed by atoms with E-state index in [-0.39, 0.29) is 7.43 Å². The maximum absolute atomic E-state index is 10.6. The molecule has 0 aliphatic carbocycles. The zero-order valence-corrected chi connectivity index (χ0v) is 7.46. The van der Waals surface area contributed by atoms with E-state index >= 15 is 0 Å². The van der Waals surface area contributed by atoms with Gasteiger partial charge in [0.2, 0.25) is 5.66 Å². The van der Waals surface area contributed by atoms with Gasteiger partial charge in [-0.3, -0.25) is 0 Å². The van der Waals surface area contributed by atoms with Gasteiger partial charge in [0.25, 0.3) is 0 Å². The quantitative estimate of drug-likeness (QED) is 0.497. The molecule has 0 N–H and O–H groups in total. The van der Waals surface area contributed by atoms with Crippen molar-refractivity contribution in [2.45, 2.75) is 20.0 Å². The minimum absolute atomic E-state index is 0. The molecule has 0 amide bonds. The number of ether oxygens (including phenoxy) is 1. The van der Waals surface area contributed by atoms with Crippen LogP contribution in [0.3, 0.4) is 0 Å². The fourth-order valence-corrected chi connectivity index (χ4v) is 0.721. The average molecular weight is 197 g/mol. The highest BCUT2D eigenvalue weighted by atomic mass is 31.1. The Bertz CT molecular complexity index is 147. The Hall–Kier alpha value is -0.830. The molecule has 72 valence electrons. The van der Waals surface area contributed by atoms with Gasteiger partial charge >= 0.3 is 13.8 Å². The van der Waals surface area contributed by atoms with Gasteiger partial charge in [0, 0.05) is 9.93 Å². The van der Waals surface area contributed by atoms with Crippen LogP contribution in [0.25, 0.3) is 0 Å². The number of rotatable bonds is 2. The second kappa shape index (κ2) is 10.2. The van der Waals surface area contributed by atoms with Gasteiger partial charge in [0.05, 0.1) is 7.11 Å². The Morgan fingerprint density at radius 3 is 1.83 bits per heavy atom. The largest absolute Gasteiger partial charge is 0.466 e. The predicted molar refractivity (Wildman–Crippen MR) is 48.5 cm³/mol. The van der Waals surface area contributed by atoms with Gasteiger partial charge in [-0.1, -0.05) is 12.0 Å². The highest BCUT2D eigenvalue weighted by molar-refractivity contribution is 7.45. The van der Waals surface area contributed by atoms with E-state index in [0.717, 1.165) is 0 Å². The predicted octanol–water partition coefficient (Wildman–Crippen LogP) is 1.71. The molecule has 0 radical (unpaired) electrons. The Morgan fingerprint density at radius 2 is 1.75 bits per heavy atom. The topological polar surface area (TPSA) is 77.5 Å². The lowest BCUT2D eigenvalue weighted by molar-refractivity contribution is -0.139. The van der Waals surface area contributed by atoms with Crippen LogP contribution in [-0.2, 0) is 14.1 Å². The summed E-state index contributed by atoms with van der Waals surface area (Å²) < 4.78 is 14.9. The highest BCUT2D eigenvalue weighted by Crippen LogP contribution is 2.22. The SMILES string of the molecule is C.COC(=O)C(C)[P+](C)=O.O=O. The fourth-order valence-electron chi connectivity index (χ4n) is 0.319. The van der Waals surface area contributed by atoms with E-state index < -0.39 is 19.4 Å². The van der Waals surface area contributed by atoms with E-state index in [1.807, 2.05) is 0 Å². The smallest absolute Gasteiger partial charge is 0.357 e. The molecular formula is C6H14O5P+. The molecule has 0 aromatic rings. The third kappa shape index (κ3) is 7.28. The van der Waals surface area contributed by atoms with Crippen LogP contribution in [0.2, 0.25) is 0 Å². The molecule has 5 nitrogen and oxygen atoms in total. The second-order valence-electron chi connectivity index (χ2n) is 1.75. The van der Waals surface area contributed by atoms with E-state index in [9.17, 15) is 9.36 Å². The Morgan fingerprint density at radius 1 is 1.42 bits per heavy atom. The molecule has 0 bridgehead atoms. The van der Waals surface area contributed by atoms with Crippen molar-refractivity contribution in [3.05, 3.63) is 9.93 Å².